The Morgan fingerprint density at radius 1 is 1.33 bits per heavy atom. The topological polar surface area (TPSA) is 72.2 Å². The van der Waals surface area contributed by atoms with E-state index in [1.165, 1.54) is 13.0 Å². The van der Waals surface area contributed by atoms with E-state index >= 15 is 0 Å². The fraction of sp³-hybridized carbons (Fsp3) is 0.600. The first-order chi connectivity index (χ1) is 9.81. The molecule has 4 nitrogen and oxygen atoms in total. The van der Waals surface area contributed by atoms with Crippen LogP contribution < -0.4 is 10.5 Å². The lowest BCUT2D eigenvalue weighted by Crippen LogP contribution is -2.30. The number of unbranched alkanes of at least 4 members (excludes halogenated alkanes) is 1. The van der Waals surface area contributed by atoms with Gasteiger partial charge in [0.15, 0.2) is 0 Å². The molecule has 0 bridgehead atoms. The Hall–Kier alpha value is -1.14. The number of nitrogens with two attached hydrogens (primary N) is 1. The van der Waals surface area contributed by atoms with Gasteiger partial charge in [-0.25, -0.2) is 17.5 Å². The normalized spacial score (nSPS) is 13.3. The van der Waals surface area contributed by atoms with Crippen molar-refractivity contribution in [1.29, 1.82) is 0 Å². The minimum Gasteiger partial charge on any atom is -0.399 e. The molecule has 1 rings (SSSR count). The van der Waals surface area contributed by atoms with Crippen LogP contribution in [0.3, 0.4) is 0 Å². The molecule has 0 spiro atoms. The maximum atomic E-state index is 13.6. The van der Waals surface area contributed by atoms with Gasteiger partial charge in [0, 0.05) is 17.8 Å². The number of hydrogen-bond donors (Lipinski definition) is 2. The maximum absolute atomic E-state index is 13.6. The Balaban J connectivity index is 2.87. The molecule has 1 atom stereocenters. The molecule has 0 saturated carbocycles. The van der Waals surface area contributed by atoms with Gasteiger partial charge in [-0.2, -0.15) is 0 Å². The molecule has 21 heavy (non-hydrogen) atoms. The molecule has 1 aromatic rings. The summed E-state index contributed by atoms with van der Waals surface area (Å²) in [7, 11) is -3.74. The summed E-state index contributed by atoms with van der Waals surface area (Å²) in [5.41, 5.74) is 5.74. The van der Waals surface area contributed by atoms with E-state index in [-0.39, 0.29) is 16.1 Å². The number of sulfonamides is 1. The van der Waals surface area contributed by atoms with E-state index < -0.39 is 15.8 Å². The third-order valence-electron chi connectivity index (χ3n) is 3.71. The number of halogens is 1. The second-order valence-electron chi connectivity index (χ2n) is 5.39. The van der Waals surface area contributed by atoms with Crippen LogP contribution in [0, 0.1) is 18.7 Å². The third-order valence-corrected chi connectivity index (χ3v) is 5.26. The van der Waals surface area contributed by atoms with Gasteiger partial charge in [-0.1, -0.05) is 33.1 Å². The second kappa shape index (κ2) is 7.75. The molecule has 0 aliphatic carbocycles. The van der Waals surface area contributed by atoms with Gasteiger partial charge in [0.25, 0.3) is 0 Å². The molecule has 3 N–H and O–H groups in total. The monoisotopic (exact) mass is 316 g/mol. The molecule has 0 saturated heterocycles. The molecule has 0 amide bonds. The Labute approximate surface area is 127 Å². The first kappa shape index (κ1) is 17.9. The van der Waals surface area contributed by atoms with Crippen LogP contribution in [0.25, 0.3) is 0 Å². The van der Waals surface area contributed by atoms with E-state index in [1.807, 2.05) is 6.92 Å². The number of nitrogens with one attached hydrogen (secondary N) is 1. The van der Waals surface area contributed by atoms with Crippen LogP contribution >= 0.6 is 0 Å². The van der Waals surface area contributed by atoms with Gasteiger partial charge in [-0.05, 0) is 31.4 Å². The smallest absolute Gasteiger partial charge is 0.241 e. The van der Waals surface area contributed by atoms with Crippen molar-refractivity contribution in [2.45, 2.75) is 51.3 Å². The van der Waals surface area contributed by atoms with Crippen molar-refractivity contribution in [1.82, 2.24) is 4.72 Å². The molecule has 6 heteroatoms. The molecule has 1 aromatic carbocycles. The standard InChI is InChI=1S/C15H25FN2O2S/c1-4-6-7-12(5-2)10-18-21(19,20)15-9-13(17)8-14(16)11(15)3/h8-9,12,18H,4-7,10,17H2,1-3H3. The molecule has 0 aliphatic rings. The van der Waals surface area contributed by atoms with E-state index in [0.29, 0.717) is 12.5 Å². The fourth-order valence-corrected chi connectivity index (χ4v) is 3.60. The second-order valence-corrected chi connectivity index (χ2v) is 7.13. The lowest BCUT2D eigenvalue weighted by atomic mass is 10.00. The van der Waals surface area contributed by atoms with E-state index in [0.717, 1.165) is 31.7 Å². The molecular formula is C15H25FN2O2S. The van der Waals surface area contributed by atoms with Crippen molar-refractivity contribution < 1.29 is 12.8 Å². The molecule has 0 aliphatic heterocycles. The lowest BCUT2D eigenvalue weighted by molar-refractivity contribution is 0.443. The summed E-state index contributed by atoms with van der Waals surface area (Å²) in [5, 5.41) is 0. The number of nitrogen functional groups attached to an aromatic ring is 1. The summed E-state index contributed by atoms with van der Waals surface area (Å²) in [6.07, 6.45) is 4.06. The van der Waals surface area contributed by atoms with Crippen molar-refractivity contribution in [3.63, 3.8) is 0 Å². The predicted octanol–water partition coefficient (Wildman–Crippen LogP) is 3.21. The Kier molecular flexibility index (Phi) is 6.61. The molecule has 0 fully saturated rings. The van der Waals surface area contributed by atoms with E-state index in [1.54, 1.807) is 0 Å². The number of hydrogen-bond acceptors (Lipinski definition) is 3. The minimum atomic E-state index is -3.74. The zero-order valence-electron chi connectivity index (χ0n) is 12.9. The van der Waals surface area contributed by atoms with Crippen LogP contribution in [-0.4, -0.2) is 15.0 Å². The summed E-state index contributed by atoms with van der Waals surface area (Å²) in [6.45, 7) is 5.96. The van der Waals surface area contributed by atoms with E-state index in [9.17, 15) is 12.8 Å². The van der Waals surface area contributed by atoms with Gasteiger partial charge in [0.2, 0.25) is 10.0 Å². The number of anilines is 1. The average Bonchev–Trinajstić information content (AvgIpc) is 2.43. The van der Waals surface area contributed by atoms with Crippen molar-refractivity contribution in [3.8, 4) is 0 Å². The quantitative estimate of drug-likeness (QED) is 0.723. The van der Waals surface area contributed by atoms with E-state index in [4.69, 9.17) is 5.73 Å². The van der Waals surface area contributed by atoms with Crippen molar-refractivity contribution in [2.24, 2.45) is 5.92 Å². The van der Waals surface area contributed by atoms with Gasteiger partial charge < -0.3 is 5.73 Å². The van der Waals surface area contributed by atoms with Crippen molar-refractivity contribution in [2.75, 3.05) is 12.3 Å². The van der Waals surface area contributed by atoms with Gasteiger partial charge >= 0.3 is 0 Å². The summed E-state index contributed by atoms with van der Waals surface area (Å²) in [5.74, 6) is -0.306. The van der Waals surface area contributed by atoms with Crippen LogP contribution in [0.1, 0.15) is 45.1 Å². The van der Waals surface area contributed by atoms with Gasteiger partial charge in [0.1, 0.15) is 5.82 Å². The molecule has 0 heterocycles. The zero-order valence-corrected chi connectivity index (χ0v) is 13.8. The minimum absolute atomic E-state index is 0.0784. The van der Waals surface area contributed by atoms with Gasteiger partial charge in [-0.3, -0.25) is 0 Å². The highest BCUT2D eigenvalue weighted by atomic mass is 32.2. The summed E-state index contributed by atoms with van der Waals surface area (Å²) in [4.78, 5) is -0.0784. The highest BCUT2D eigenvalue weighted by molar-refractivity contribution is 7.89. The summed E-state index contributed by atoms with van der Waals surface area (Å²) in [6, 6.07) is 2.43. The predicted molar refractivity (Wildman–Crippen MR) is 84.0 cm³/mol. The molecule has 1 unspecified atom stereocenters. The maximum Gasteiger partial charge on any atom is 0.241 e. The summed E-state index contributed by atoms with van der Waals surface area (Å²) < 4.78 is 40.8. The SMILES string of the molecule is CCCCC(CC)CNS(=O)(=O)c1cc(N)cc(F)c1C. The number of benzene rings is 1. The molecule has 0 radical (unpaired) electrons. The van der Waals surface area contributed by atoms with Crippen LogP contribution in [0.4, 0.5) is 10.1 Å². The Morgan fingerprint density at radius 3 is 2.57 bits per heavy atom. The van der Waals surface area contributed by atoms with Crippen LogP contribution in [-0.2, 0) is 10.0 Å². The van der Waals surface area contributed by atoms with Crippen molar-refractivity contribution in [3.05, 3.63) is 23.5 Å². The molecular weight excluding hydrogens is 291 g/mol. The molecule has 120 valence electrons. The van der Waals surface area contributed by atoms with Crippen LogP contribution in [0.15, 0.2) is 17.0 Å². The van der Waals surface area contributed by atoms with Crippen LogP contribution in [0.5, 0.6) is 0 Å². The average molecular weight is 316 g/mol. The van der Waals surface area contributed by atoms with Crippen molar-refractivity contribution >= 4 is 15.7 Å². The van der Waals surface area contributed by atoms with Gasteiger partial charge in [-0.15, -0.1) is 0 Å². The Bertz CT molecular complexity index is 573. The van der Waals surface area contributed by atoms with E-state index in [2.05, 4.69) is 11.6 Å². The fourth-order valence-electron chi connectivity index (χ4n) is 2.20. The Morgan fingerprint density at radius 2 is 2.00 bits per heavy atom. The zero-order chi connectivity index (χ0) is 16.0. The highest BCUT2D eigenvalue weighted by Gasteiger charge is 2.20. The highest BCUT2D eigenvalue weighted by Crippen LogP contribution is 2.22. The molecule has 0 aromatic heterocycles. The largest absolute Gasteiger partial charge is 0.399 e. The first-order valence-corrected chi connectivity index (χ1v) is 8.85. The number of rotatable bonds is 8. The van der Waals surface area contributed by atoms with Crippen LogP contribution in [0.2, 0.25) is 0 Å². The lowest BCUT2D eigenvalue weighted by Gasteiger charge is -2.16. The summed E-state index contributed by atoms with van der Waals surface area (Å²) >= 11 is 0. The third kappa shape index (κ3) is 4.97. The first-order valence-electron chi connectivity index (χ1n) is 7.37. The van der Waals surface area contributed by atoms with Gasteiger partial charge in [0.05, 0.1) is 4.90 Å².